The maximum absolute atomic E-state index is 13.7. The van der Waals surface area contributed by atoms with Crippen LogP contribution in [0.3, 0.4) is 0 Å². The van der Waals surface area contributed by atoms with Crippen molar-refractivity contribution in [2.24, 2.45) is 11.3 Å². The van der Waals surface area contributed by atoms with Crippen molar-refractivity contribution in [3.05, 3.63) is 35.4 Å². The smallest absolute Gasteiger partial charge is 0.162 e. The Kier molecular flexibility index (Phi) is 5.92. The molecule has 1 N–H and O–H groups in total. The molecule has 0 aliphatic heterocycles. The molecular formula is C16H25F2N. The Morgan fingerprint density at radius 1 is 1.21 bits per heavy atom. The van der Waals surface area contributed by atoms with Crippen LogP contribution in [0, 0.1) is 23.0 Å². The molecule has 0 radical (unpaired) electrons. The van der Waals surface area contributed by atoms with E-state index in [4.69, 9.17) is 0 Å². The number of rotatable bonds is 6. The van der Waals surface area contributed by atoms with Crippen LogP contribution in [0.5, 0.6) is 0 Å². The van der Waals surface area contributed by atoms with Gasteiger partial charge in [-0.05, 0) is 48.9 Å². The van der Waals surface area contributed by atoms with Gasteiger partial charge in [-0.25, -0.2) is 8.78 Å². The Hall–Kier alpha value is -0.960. The molecule has 0 saturated heterocycles. The third kappa shape index (κ3) is 4.90. The van der Waals surface area contributed by atoms with Crippen LogP contribution in [0.15, 0.2) is 18.2 Å². The molecule has 1 atom stereocenters. The first-order valence-electron chi connectivity index (χ1n) is 6.99. The molecule has 0 saturated carbocycles. The second kappa shape index (κ2) is 6.99. The van der Waals surface area contributed by atoms with Crippen LogP contribution in [0.2, 0.25) is 0 Å². The van der Waals surface area contributed by atoms with Gasteiger partial charge in [-0.3, -0.25) is 0 Å². The van der Waals surface area contributed by atoms with E-state index < -0.39 is 11.6 Å². The van der Waals surface area contributed by atoms with Crippen molar-refractivity contribution in [1.29, 1.82) is 0 Å². The van der Waals surface area contributed by atoms with Crippen molar-refractivity contribution in [2.45, 2.75) is 40.5 Å². The maximum Gasteiger partial charge on any atom is 0.162 e. The molecule has 0 bridgehead atoms. The van der Waals surface area contributed by atoms with E-state index >= 15 is 0 Å². The van der Waals surface area contributed by atoms with Gasteiger partial charge in [-0.1, -0.05) is 39.8 Å². The van der Waals surface area contributed by atoms with Crippen LogP contribution in [0.1, 0.15) is 39.7 Å². The summed E-state index contributed by atoms with van der Waals surface area (Å²) in [6.07, 6.45) is 1.63. The summed E-state index contributed by atoms with van der Waals surface area (Å²) in [5, 5.41) is 3.38. The van der Waals surface area contributed by atoms with Crippen LogP contribution < -0.4 is 5.32 Å². The van der Waals surface area contributed by atoms with Gasteiger partial charge in [0.25, 0.3) is 0 Å². The summed E-state index contributed by atoms with van der Waals surface area (Å²) in [5.74, 6) is -1.19. The quantitative estimate of drug-likeness (QED) is 0.764. The summed E-state index contributed by atoms with van der Waals surface area (Å²) >= 11 is 0. The molecule has 0 aliphatic carbocycles. The lowest BCUT2D eigenvalue weighted by Gasteiger charge is -2.31. The average Bonchev–Trinajstić information content (AvgIpc) is 2.32. The average molecular weight is 269 g/mol. The zero-order chi connectivity index (χ0) is 14.5. The van der Waals surface area contributed by atoms with Gasteiger partial charge in [0, 0.05) is 0 Å². The van der Waals surface area contributed by atoms with Crippen molar-refractivity contribution in [1.82, 2.24) is 5.32 Å². The van der Waals surface area contributed by atoms with E-state index in [0.717, 1.165) is 19.5 Å². The summed E-state index contributed by atoms with van der Waals surface area (Å²) < 4.78 is 27.0. The number of hydrogen-bond donors (Lipinski definition) is 1. The number of nitrogens with one attached hydrogen (secondary N) is 1. The first-order valence-corrected chi connectivity index (χ1v) is 6.99. The molecule has 0 heterocycles. The second-order valence-corrected chi connectivity index (χ2v) is 6.18. The summed E-state index contributed by atoms with van der Waals surface area (Å²) in [6, 6.07) is 4.42. The summed E-state index contributed by atoms with van der Waals surface area (Å²) in [5.41, 5.74) is 0.526. The maximum atomic E-state index is 13.7. The first kappa shape index (κ1) is 16.1. The number of benzene rings is 1. The molecule has 1 rings (SSSR count). The fourth-order valence-electron chi connectivity index (χ4n) is 2.11. The standard InChI is InChI=1S/C16H25F2N/c1-5-9-19-11-13(16(2,3)4)10-12-7-6-8-14(17)15(12)18/h6-8,13,19H,5,9-11H2,1-4H3. The van der Waals surface area contributed by atoms with Crippen LogP contribution in [0.25, 0.3) is 0 Å². The Morgan fingerprint density at radius 3 is 2.47 bits per heavy atom. The zero-order valence-electron chi connectivity index (χ0n) is 12.4. The van der Waals surface area contributed by atoms with Gasteiger partial charge < -0.3 is 5.32 Å². The molecule has 1 nitrogen and oxygen atoms in total. The predicted octanol–water partition coefficient (Wildman–Crippen LogP) is 4.17. The highest BCUT2D eigenvalue weighted by Crippen LogP contribution is 2.29. The number of halogens is 2. The molecular weight excluding hydrogens is 244 g/mol. The Labute approximate surface area is 115 Å². The molecule has 1 aromatic rings. The molecule has 0 aliphatic rings. The van der Waals surface area contributed by atoms with Crippen molar-refractivity contribution >= 4 is 0 Å². The van der Waals surface area contributed by atoms with Gasteiger partial charge in [0.1, 0.15) is 0 Å². The van der Waals surface area contributed by atoms with E-state index in [1.54, 1.807) is 12.1 Å². The Morgan fingerprint density at radius 2 is 1.89 bits per heavy atom. The van der Waals surface area contributed by atoms with E-state index in [2.05, 4.69) is 33.0 Å². The molecule has 19 heavy (non-hydrogen) atoms. The molecule has 1 unspecified atom stereocenters. The molecule has 108 valence electrons. The molecule has 0 fully saturated rings. The van der Waals surface area contributed by atoms with Gasteiger partial charge in [-0.2, -0.15) is 0 Å². The van der Waals surface area contributed by atoms with Gasteiger partial charge in [0.2, 0.25) is 0 Å². The molecule has 3 heteroatoms. The van der Waals surface area contributed by atoms with Gasteiger partial charge in [0.15, 0.2) is 11.6 Å². The zero-order valence-corrected chi connectivity index (χ0v) is 12.4. The predicted molar refractivity (Wildman–Crippen MR) is 76.2 cm³/mol. The lowest BCUT2D eigenvalue weighted by Crippen LogP contribution is -2.34. The third-order valence-corrected chi connectivity index (χ3v) is 3.54. The summed E-state index contributed by atoms with van der Waals surface area (Å²) in [4.78, 5) is 0. The SMILES string of the molecule is CCCNCC(Cc1cccc(F)c1F)C(C)(C)C. The highest BCUT2D eigenvalue weighted by Gasteiger charge is 2.25. The van der Waals surface area contributed by atoms with Gasteiger partial charge >= 0.3 is 0 Å². The normalized spacial score (nSPS) is 13.6. The molecule has 0 aromatic heterocycles. The molecule has 0 spiro atoms. The van der Waals surface area contributed by atoms with E-state index in [-0.39, 0.29) is 11.3 Å². The van der Waals surface area contributed by atoms with E-state index in [1.807, 2.05) is 0 Å². The lowest BCUT2D eigenvalue weighted by molar-refractivity contribution is 0.229. The van der Waals surface area contributed by atoms with Crippen LogP contribution in [0.4, 0.5) is 8.78 Å². The number of hydrogen-bond acceptors (Lipinski definition) is 1. The lowest BCUT2D eigenvalue weighted by atomic mass is 9.77. The fourth-order valence-corrected chi connectivity index (χ4v) is 2.11. The summed E-state index contributed by atoms with van der Waals surface area (Å²) in [6.45, 7) is 10.3. The van der Waals surface area contributed by atoms with Crippen molar-refractivity contribution in [3.8, 4) is 0 Å². The first-order chi connectivity index (χ1) is 8.86. The monoisotopic (exact) mass is 269 g/mol. The van der Waals surface area contributed by atoms with Crippen LogP contribution in [-0.2, 0) is 6.42 Å². The van der Waals surface area contributed by atoms with Crippen LogP contribution >= 0.6 is 0 Å². The highest BCUT2D eigenvalue weighted by atomic mass is 19.2. The minimum atomic E-state index is -0.758. The Bertz CT molecular complexity index is 396. The minimum Gasteiger partial charge on any atom is -0.316 e. The minimum absolute atomic E-state index is 0.0551. The Balaban J connectivity index is 2.79. The van der Waals surface area contributed by atoms with E-state index in [1.165, 1.54) is 6.07 Å². The van der Waals surface area contributed by atoms with E-state index in [9.17, 15) is 8.78 Å². The summed E-state index contributed by atoms with van der Waals surface area (Å²) in [7, 11) is 0. The van der Waals surface area contributed by atoms with Gasteiger partial charge in [0.05, 0.1) is 0 Å². The second-order valence-electron chi connectivity index (χ2n) is 6.18. The van der Waals surface area contributed by atoms with Crippen LogP contribution in [-0.4, -0.2) is 13.1 Å². The topological polar surface area (TPSA) is 12.0 Å². The highest BCUT2D eigenvalue weighted by molar-refractivity contribution is 5.19. The largest absolute Gasteiger partial charge is 0.316 e. The third-order valence-electron chi connectivity index (χ3n) is 3.54. The van der Waals surface area contributed by atoms with Crippen molar-refractivity contribution < 1.29 is 8.78 Å². The van der Waals surface area contributed by atoms with Crippen molar-refractivity contribution in [3.63, 3.8) is 0 Å². The molecule has 1 aromatic carbocycles. The van der Waals surface area contributed by atoms with E-state index in [0.29, 0.717) is 12.0 Å². The fraction of sp³-hybridized carbons (Fsp3) is 0.625. The van der Waals surface area contributed by atoms with Crippen molar-refractivity contribution in [2.75, 3.05) is 13.1 Å². The van der Waals surface area contributed by atoms with Gasteiger partial charge in [-0.15, -0.1) is 0 Å². The molecule has 0 amide bonds.